The van der Waals surface area contributed by atoms with E-state index in [0.29, 0.717) is 5.56 Å². The molecule has 0 fully saturated rings. The Labute approximate surface area is 120 Å². The number of benzene rings is 1. The van der Waals surface area contributed by atoms with E-state index >= 15 is 0 Å². The lowest BCUT2D eigenvalue weighted by Crippen LogP contribution is -2.47. The van der Waals surface area contributed by atoms with Crippen LogP contribution in [-0.2, 0) is 20.7 Å². The summed E-state index contributed by atoms with van der Waals surface area (Å²) in [5.41, 5.74) is -1.36. The van der Waals surface area contributed by atoms with Gasteiger partial charge in [0.05, 0.1) is 20.1 Å². The molecule has 1 atom stereocenters. The minimum Gasteiger partial charge on any atom is -0.467 e. The predicted molar refractivity (Wildman–Crippen MR) is 70.8 cm³/mol. The number of rotatable bonds is 5. The van der Waals surface area contributed by atoms with Crippen molar-refractivity contribution in [2.24, 2.45) is 0 Å². The SMILES string of the molecule is COC(=O)[C@](C)(O)CNC(=O)Cc1ccc(F)cc1Cl. The Morgan fingerprint density at radius 3 is 2.70 bits per heavy atom. The number of nitrogens with one attached hydrogen (secondary N) is 1. The van der Waals surface area contributed by atoms with Gasteiger partial charge in [0, 0.05) is 5.02 Å². The molecule has 20 heavy (non-hydrogen) atoms. The lowest BCUT2D eigenvalue weighted by atomic mass is 10.1. The Balaban J connectivity index is 2.58. The van der Waals surface area contributed by atoms with Crippen LogP contribution in [0.15, 0.2) is 18.2 Å². The average molecular weight is 304 g/mol. The van der Waals surface area contributed by atoms with E-state index in [2.05, 4.69) is 10.1 Å². The molecule has 0 radical (unpaired) electrons. The zero-order valence-corrected chi connectivity index (χ0v) is 11.8. The molecule has 110 valence electrons. The van der Waals surface area contributed by atoms with Crippen molar-refractivity contribution in [1.82, 2.24) is 5.32 Å². The minimum absolute atomic E-state index is 0.0869. The quantitative estimate of drug-likeness (QED) is 0.798. The smallest absolute Gasteiger partial charge is 0.339 e. The molecule has 0 heterocycles. The Morgan fingerprint density at radius 1 is 1.50 bits per heavy atom. The first-order valence-corrected chi connectivity index (χ1v) is 6.15. The molecule has 0 aliphatic rings. The predicted octanol–water partition coefficient (Wildman–Crippen LogP) is 1.06. The first kappa shape index (κ1) is 16.4. The largest absolute Gasteiger partial charge is 0.467 e. The number of carbonyl (C=O) groups excluding carboxylic acids is 2. The molecular weight excluding hydrogens is 289 g/mol. The molecule has 1 amide bonds. The molecule has 0 aromatic heterocycles. The summed E-state index contributed by atoms with van der Waals surface area (Å²) in [4.78, 5) is 22.9. The molecule has 0 unspecified atom stereocenters. The summed E-state index contributed by atoms with van der Waals surface area (Å²) in [6.45, 7) is 0.932. The van der Waals surface area contributed by atoms with Gasteiger partial charge in [-0.05, 0) is 24.6 Å². The average Bonchev–Trinajstić information content (AvgIpc) is 2.39. The van der Waals surface area contributed by atoms with Crippen molar-refractivity contribution in [2.45, 2.75) is 18.9 Å². The number of ether oxygens (including phenoxy) is 1. The molecule has 0 spiro atoms. The summed E-state index contributed by atoms with van der Waals surface area (Å²) in [7, 11) is 1.14. The Kier molecular flexibility index (Phi) is 5.47. The Hall–Kier alpha value is -1.66. The van der Waals surface area contributed by atoms with Gasteiger partial charge >= 0.3 is 5.97 Å². The Morgan fingerprint density at radius 2 is 2.15 bits per heavy atom. The van der Waals surface area contributed by atoms with Gasteiger partial charge in [-0.15, -0.1) is 0 Å². The fraction of sp³-hybridized carbons (Fsp3) is 0.385. The van der Waals surface area contributed by atoms with Crippen molar-refractivity contribution in [3.8, 4) is 0 Å². The first-order valence-electron chi connectivity index (χ1n) is 5.77. The van der Waals surface area contributed by atoms with Crippen LogP contribution < -0.4 is 5.32 Å². The van der Waals surface area contributed by atoms with Gasteiger partial charge in [0.15, 0.2) is 5.60 Å². The lowest BCUT2D eigenvalue weighted by Gasteiger charge is -2.20. The van der Waals surface area contributed by atoms with E-state index in [-0.39, 0.29) is 18.0 Å². The summed E-state index contributed by atoms with van der Waals surface area (Å²) >= 11 is 5.79. The van der Waals surface area contributed by atoms with Crippen molar-refractivity contribution in [2.75, 3.05) is 13.7 Å². The van der Waals surface area contributed by atoms with Crippen LogP contribution in [0.4, 0.5) is 4.39 Å². The molecule has 0 aliphatic heterocycles. The van der Waals surface area contributed by atoms with Crippen LogP contribution in [-0.4, -0.2) is 36.2 Å². The van der Waals surface area contributed by atoms with E-state index in [4.69, 9.17) is 11.6 Å². The van der Waals surface area contributed by atoms with Crippen molar-refractivity contribution in [1.29, 1.82) is 0 Å². The second kappa shape index (κ2) is 6.67. The zero-order valence-electron chi connectivity index (χ0n) is 11.1. The molecule has 1 aromatic carbocycles. The van der Waals surface area contributed by atoms with Gasteiger partial charge in [-0.2, -0.15) is 0 Å². The van der Waals surface area contributed by atoms with Crippen LogP contribution in [0, 0.1) is 5.82 Å². The van der Waals surface area contributed by atoms with Gasteiger partial charge < -0.3 is 15.2 Å². The molecule has 5 nitrogen and oxygen atoms in total. The van der Waals surface area contributed by atoms with Crippen LogP contribution in [0.25, 0.3) is 0 Å². The summed E-state index contributed by atoms with van der Waals surface area (Å²) in [6, 6.07) is 3.70. The fourth-order valence-corrected chi connectivity index (χ4v) is 1.70. The molecule has 7 heteroatoms. The number of hydrogen-bond acceptors (Lipinski definition) is 4. The normalized spacial score (nSPS) is 13.4. The second-order valence-corrected chi connectivity index (χ2v) is 4.86. The van der Waals surface area contributed by atoms with Crippen LogP contribution in [0.5, 0.6) is 0 Å². The van der Waals surface area contributed by atoms with E-state index in [1.807, 2.05) is 0 Å². The number of hydrogen-bond donors (Lipinski definition) is 2. The van der Waals surface area contributed by atoms with Gasteiger partial charge in [0.25, 0.3) is 0 Å². The second-order valence-electron chi connectivity index (χ2n) is 4.45. The number of methoxy groups -OCH3 is 1. The summed E-state index contributed by atoms with van der Waals surface area (Å²) in [5.74, 6) is -1.80. The van der Waals surface area contributed by atoms with Crippen LogP contribution in [0.3, 0.4) is 0 Å². The van der Waals surface area contributed by atoms with Crippen LogP contribution in [0.2, 0.25) is 5.02 Å². The first-order chi connectivity index (χ1) is 9.26. The lowest BCUT2D eigenvalue weighted by molar-refractivity contribution is -0.160. The number of amides is 1. The molecule has 0 saturated carbocycles. The van der Waals surface area contributed by atoms with Crippen molar-refractivity contribution < 1.29 is 23.8 Å². The maximum atomic E-state index is 12.8. The van der Waals surface area contributed by atoms with Crippen molar-refractivity contribution in [3.05, 3.63) is 34.6 Å². The maximum absolute atomic E-state index is 12.8. The third kappa shape index (κ3) is 4.47. The molecule has 0 aliphatic carbocycles. The monoisotopic (exact) mass is 303 g/mol. The van der Waals surface area contributed by atoms with Crippen LogP contribution >= 0.6 is 11.6 Å². The fourth-order valence-electron chi connectivity index (χ4n) is 1.46. The third-order valence-electron chi connectivity index (χ3n) is 2.62. The molecular formula is C13H15ClFNO4. The van der Waals surface area contributed by atoms with Gasteiger partial charge in [0.2, 0.25) is 5.91 Å². The minimum atomic E-state index is -1.81. The van der Waals surface area contributed by atoms with Gasteiger partial charge in [-0.1, -0.05) is 17.7 Å². The van der Waals surface area contributed by atoms with Crippen LogP contribution in [0.1, 0.15) is 12.5 Å². The topological polar surface area (TPSA) is 75.6 Å². The van der Waals surface area contributed by atoms with Crippen molar-refractivity contribution in [3.63, 3.8) is 0 Å². The number of halogens is 2. The zero-order chi connectivity index (χ0) is 15.3. The highest BCUT2D eigenvalue weighted by atomic mass is 35.5. The van der Waals surface area contributed by atoms with Gasteiger partial charge in [-0.3, -0.25) is 4.79 Å². The third-order valence-corrected chi connectivity index (χ3v) is 2.97. The van der Waals surface area contributed by atoms with Crippen molar-refractivity contribution >= 4 is 23.5 Å². The van der Waals surface area contributed by atoms with E-state index < -0.39 is 23.3 Å². The highest BCUT2D eigenvalue weighted by Gasteiger charge is 2.31. The van der Waals surface area contributed by atoms with Gasteiger partial charge in [-0.25, -0.2) is 9.18 Å². The van der Waals surface area contributed by atoms with E-state index in [9.17, 15) is 19.1 Å². The van der Waals surface area contributed by atoms with E-state index in [0.717, 1.165) is 13.2 Å². The number of esters is 1. The molecule has 1 rings (SSSR count). The number of carbonyl (C=O) groups is 2. The molecule has 0 bridgehead atoms. The molecule has 2 N–H and O–H groups in total. The van der Waals surface area contributed by atoms with E-state index in [1.54, 1.807) is 0 Å². The molecule has 0 saturated heterocycles. The summed E-state index contributed by atoms with van der Waals surface area (Å²) in [6.07, 6.45) is -0.0869. The molecule has 1 aromatic rings. The summed E-state index contributed by atoms with van der Waals surface area (Å²) < 4.78 is 17.2. The Bertz CT molecular complexity index is 519. The summed E-state index contributed by atoms with van der Waals surface area (Å²) in [5, 5.41) is 12.2. The highest BCUT2D eigenvalue weighted by Crippen LogP contribution is 2.17. The van der Waals surface area contributed by atoms with E-state index in [1.165, 1.54) is 19.1 Å². The van der Waals surface area contributed by atoms with Gasteiger partial charge in [0.1, 0.15) is 5.82 Å². The maximum Gasteiger partial charge on any atom is 0.339 e. The highest BCUT2D eigenvalue weighted by molar-refractivity contribution is 6.31. The standard InChI is InChI=1S/C13H15ClFNO4/c1-13(19,12(18)20-2)7-16-11(17)5-8-3-4-9(15)6-10(8)14/h3-4,6,19H,5,7H2,1-2H3,(H,16,17)/t13-/m1/s1. The number of aliphatic hydroxyl groups is 1.